The summed E-state index contributed by atoms with van der Waals surface area (Å²) < 4.78 is 0. The molecule has 0 aromatic rings. The highest BCUT2D eigenvalue weighted by Crippen LogP contribution is 2.03. The molecule has 1 aliphatic heterocycles. The summed E-state index contributed by atoms with van der Waals surface area (Å²) in [5.41, 5.74) is 0.574. The standard InChI is InChI=1S/C11H21N3O/c1-9(2)11(15)13-5-4-10-8-12-6-7-14(10)3/h10,12H,1,4-8H2,2-3H3,(H,13,15). The van der Waals surface area contributed by atoms with Crippen LogP contribution in [0, 0.1) is 0 Å². The molecule has 1 atom stereocenters. The minimum Gasteiger partial charge on any atom is -0.352 e. The van der Waals surface area contributed by atoms with Gasteiger partial charge in [-0.3, -0.25) is 4.79 Å². The summed E-state index contributed by atoms with van der Waals surface area (Å²) in [4.78, 5) is 13.6. The van der Waals surface area contributed by atoms with E-state index in [2.05, 4.69) is 29.2 Å². The molecule has 4 nitrogen and oxygen atoms in total. The first-order valence-corrected chi connectivity index (χ1v) is 5.46. The van der Waals surface area contributed by atoms with Crippen LogP contribution in [0.25, 0.3) is 0 Å². The van der Waals surface area contributed by atoms with E-state index < -0.39 is 0 Å². The molecule has 1 rings (SSSR count). The molecule has 0 aliphatic carbocycles. The molecule has 2 N–H and O–H groups in total. The van der Waals surface area contributed by atoms with Crippen molar-refractivity contribution < 1.29 is 4.79 Å². The van der Waals surface area contributed by atoms with E-state index >= 15 is 0 Å². The van der Waals surface area contributed by atoms with Crippen LogP contribution in [-0.2, 0) is 4.79 Å². The van der Waals surface area contributed by atoms with Gasteiger partial charge in [-0.05, 0) is 20.4 Å². The fourth-order valence-electron chi connectivity index (χ4n) is 1.69. The first-order chi connectivity index (χ1) is 7.11. The predicted octanol–water partition coefficient (Wildman–Crippen LogP) is -0.0276. The van der Waals surface area contributed by atoms with Crippen molar-refractivity contribution in [2.45, 2.75) is 19.4 Å². The molecule has 0 radical (unpaired) electrons. The zero-order valence-electron chi connectivity index (χ0n) is 9.68. The van der Waals surface area contributed by atoms with Crippen LogP contribution in [0.4, 0.5) is 0 Å². The average Bonchev–Trinajstić information content (AvgIpc) is 2.20. The lowest BCUT2D eigenvalue weighted by molar-refractivity contribution is -0.117. The normalized spacial score (nSPS) is 22.4. The zero-order chi connectivity index (χ0) is 11.3. The molecule has 1 fully saturated rings. The van der Waals surface area contributed by atoms with Crippen LogP contribution < -0.4 is 10.6 Å². The largest absolute Gasteiger partial charge is 0.352 e. The zero-order valence-corrected chi connectivity index (χ0v) is 9.68. The minimum atomic E-state index is -0.0404. The number of amides is 1. The van der Waals surface area contributed by atoms with E-state index in [0.717, 1.165) is 32.6 Å². The molecule has 1 heterocycles. The second kappa shape index (κ2) is 5.88. The molecule has 1 amide bonds. The topological polar surface area (TPSA) is 44.4 Å². The van der Waals surface area contributed by atoms with Gasteiger partial charge in [0.15, 0.2) is 0 Å². The van der Waals surface area contributed by atoms with Crippen molar-refractivity contribution in [3.63, 3.8) is 0 Å². The van der Waals surface area contributed by atoms with E-state index in [4.69, 9.17) is 0 Å². The summed E-state index contributed by atoms with van der Waals surface area (Å²) in [5.74, 6) is -0.0404. The van der Waals surface area contributed by atoms with Gasteiger partial charge in [0.05, 0.1) is 0 Å². The van der Waals surface area contributed by atoms with Gasteiger partial charge in [-0.2, -0.15) is 0 Å². The van der Waals surface area contributed by atoms with Crippen LogP contribution in [0.1, 0.15) is 13.3 Å². The number of nitrogens with zero attached hydrogens (tertiary/aromatic N) is 1. The molecule has 0 saturated carbocycles. The van der Waals surface area contributed by atoms with Crippen LogP contribution in [0.5, 0.6) is 0 Å². The highest BCUT2D eigenvalue weighted by Gasteiger charge is 2.17. The second-order valence-electron chi connectivity index (χ2n) is 4.16. The van der Waals surface area contributed by atoms with Gasteiger partial charge < -0.3 is 15.5 Å². The lowest BCUT2D eigenvalue weighted by Gasteiger charge is -2.33. The number of carbonyl (C=O) groups is 1. The molecule has 86 valence electrons. The Morgan fingerprint density at radius 3 is 3.00 bits per heavy atom. The fourth-order valence-corrected chi connectivity index (χ4v) is 1.69. The van der Waals surface area contributed by atoms with Crippen LogP contribution >= 0.6 is 0 Å². The first kappa shape index (κ1) is 12.2. The van der Waals surface area contributed by atoms with Gasteiger partial charge in [0.2, 0.25) is 5.91 Å². The predicted molar refractivity (Wildman–Crippen MR) is 61.7 cm³/mol. The third-order valence-corrected chi connectivity index (χ3v) is 2.80. The fraction of sp³-hybridized carbons (Fsp3) is 0.727. The third kappa shape index (κ3) is 4.01. The monoisotopic (exact) mass is 211 g/mol. The van der Waals surface area contributed by atoms with Crippen LogP contribution in [0.3, 0.4) is 0 Å². The van der Waals surface area contributed by atoms with Crippen molar-refractivity contribution in [3.8, 4) is 0 Å². The van der Waals surface area contributed by atoms with Crippen molar-refractivity contribution in [1.29, 1.82) is 0 Å². The molecule has 1 unspecified atom stereocenters. The molecule has 0 aromatic heterocycles. The highest BCUT2D eigenvalue weighted by molar-refractivity contribution is 5.91. The number of likely N-dealkylation sites (N-methyl/N-ethyl adjacent to an activating group) is 1. The Labute approximate surface area is 91.7 Å². The Kier molecular flexibility index (Phi) is 4.78. The Balaban J connectivity index is 2.19. The Morgan fingerprint density at radius 2 is 2.40 bits per heavy atom. The van der Waals surface area contributed by atoms with Gasteiger partial charge >= 0.3 is 0 Å². The number of hydrogen-bond donors (Lipinski definition) is 2. The number of piperazine rings is 1. The van der Waals surface area contributed by atoms with Crippen molar-refractivity contribution in [1.82, 2.24) is 15.5 Å². The van der Waals surface area contributed by atoms with Gasteiger partial charge in [-0.1, -0.05) is 6.58 Å². The van der Waals surface area contributed by atoms with Crippen LogP contribution in [0.2, 0.25) is 0 Å². The summed E-state index contributed by atoms with van der Waals surface area (Å²) in [5, 5.41) is 6.21. The number of carbonyl (C=O) groups excluding carboxylic acids is 1. The maximum atomic E-state index is 11.2. The van der Waals surface area contributed by atoms with E-state index in [-0.39, 0.29) is 5.91 Å². The maximum Gasteiger partial charge on any atom is 0.246 e. The Bertz CT molecular complexity index is 240. The van der Waals surface area contributed by atoms with E-state index in [1.807, 2.05) is 0 Å². The summed E-state index contributed by atoms with van der Waals surface area (Å²) in [6.45, 7) is 9.21. The molecule has 0 spiro atoms. The van der Waals surface area contributed by atoms with Crippen molar-refractivity contribution in [2.75, 3.05) is 33.2 Å². The van der Waals surface area contributed by atoms with Crippen LogP contribution in [0.15, 0.2) is 12.2 Å². The van der Waals surface area contributed by atoms with Gasteiger partial charge in [-0.25, -0.2) is 0 Å². The lowest BCUT2D eigenvalue weighted by Crippen LogP contribution is -2.50. The lowest BCUT2D eigenvalue weighted by atomic mass is 10.1. The van der Waals surface area contributed by atoms with Gasteiger partial charge in [-0.15, -0.1) is 0 Å². The quantitative estimate of drug-likeness (QED) is 0.642. The molecule has 1 saturated heterocycles. The smallest absolute Gasteiger partial charge is 0.246 e. The number of nitrogens with one attached hydrogen (secondary N) is 2. The summed E-state index contributed by atoms with van der Waals surface area (Å²) >= 11 is 0. The molecular weight excluding hydrogens is 190 g/mol. The second-order valence-corrected chi connectivity index (χ2v) is 4.16. The van der Waals surface area contributed by atoms with E-state index in [0.29, 0.717) is 11.6 Å². The number of hydrogen-bond acceptors (Lipinski definition) is 3. The molecular formula is C11H21N3O. The average molecular weight is 211 g/mol. The van der Waals surface area contributed by atoms with Crippen LogP contribution in [-0.4, -0.2) is 50.1 Å². The minimum absolute atomic E-state index is 0.0404. The summed E-state index contributed by atoms with van der Waals surface area (Å²) in [6.07, 6.45) is 0.989. The van der Waals surface area contributed by atoms with E-state index in [1.54, 1.807) is 6.92 Å². The Morgan fingerprint density at radius 1 is 1.67 bits per heavy atom. The maximum absolute atomic E-state index is 11.2. The van der Waals surface area contributed by atoms with E-state index in [9.17, 15) is 4.79 Å². The molecule has 15 heavy (non-hydrogen) atoms. The van der Waals surface area contributed by atoms with Gasteiger partial charge in [0.1, 0.15) is 0 Å². The Hall–Kier alpha value is -0.870. The SMILES string of the molecule is C=C(C)C(=O)NCCC1CNCCN1C. The highest BCUT2D eigenvalue weighted by atomic mass is 16.1. The van der Waals surface area contributed by atoms with Crippen molar-refractivity contribution in [2.24, 2.45) is 0 Å². The van der Waals surface area contributed by atoms with Crippen molar-refractivity contribution in [3.05, 3.63) is 12.2 Å². The summed E-state index contributed by atoms with van der Waals surface area (Å²) in [7, 11) is 2.13. The molecule has 0 bridgehead atoms. The molecule has 0 aromatic carbocycles. The van der Waals surface area contributed by atoms with Crippen molar-refractivity contribution >= 4 is 5.91 Å². The number of rotatable bonds is 4. The van der Waals surface area contributed by atoms with Gasteiger partial charge in [0.25, 0.3) is 0 Å². The van der Waals surface area contributed by atoms with E-state index in [1.165, 1.54) is 0 Å². The first-order valence-electron chi connectivity index (χ1n) is 5.46. The van der Waals surface area contributed by atoms with Gasteiger partial charge in [0, 0.05) is 37.8 Å². The molecule has 1 aliphatic rings. The third-order valence-electron chi connectivity index (χ3n) is 2.80. The summed E-state index contributed by atoms with van der Waals surface area (Å²) in [6, 6.07) is 0.532. The molecule has 4 heteroatoms.